The zero-order valence-electron chi connectivity index (χ0n) is 11.6. The van der Waals surface area contributed by atoms with Gasteiger partial charge in [0.2, 0.25) is 5.88 Å². The van der Waals surface area contributed by atoms with Crippen LogP contribution in [0.1, 0.15) is 11.3 Å². The second kappa shape index (κ2) is 5.84. The summed E-state index contributed by atoms with van der Waals surface area (Å²) < 4.78 is 6.86. The van der Waals surface area contributed by atoms with E-state index in [2.05, 4.69) is 33.0 Å². The minimum Gasteiger partial charge on any atom is -0.438 e. The van der Waals surface area contributed by atoms with Crippen LogP contribution in [0.15, 0.2) is 53.0 Å². The Hall–Kier alpha value is -1.91. The summed E-state index contributed by atoms with van der Waals surface area (Å²) in [6, 6.07) is 16.0. The van der Waals surface area contributed by atoms with Gasteiger partial charge < -0.3 is 10.5 Å². The lowest BCUT2D eigenvalue weighted by atomic mass is 10.1. The van der Waals surface area contributed by atoms with E-state index in [0.717, 1.165) is 32.3 Å². The molecule has 3 nitrogen and oxygen atoms in total. The number of nitrogens with two attached hydrogens (primary N) is 1. The number of rotatable bonds is 3. The van der Waals surface area contributed by atoms with Crippen LogP contribution in [0.3, 0.4) is 0 Å². The minimum atomic E-state index is 0.471. The third kappa shape index (κ3) is 2.91. The molecular weight excluding hydrogens is 328 g/mol. The molecule has 3 aromatic rings. The highest BCUT2D eigenvalue weighted by Crippen LogP contribution is 2.35. The maximum Gasteiger partial charge on any atom is 0.219 e. The number of hydrogen-bond donors (Lipinski definition) is 1. The lowest BCUT2D eigenvalue weighted by molar-refractivity contribution is 0.459. The van der Waals surface area contributed by atoms with Crippen molar-refractivity contribution in [2.75, 3.05) is 0 Å². The van der Waals surface area contributed by atoms with Crippen LogP contribution in [-0.2, 0) is 6.54 Å². The molecule has 1 aromatic heterocycles. The van der Waals surface area contributed by atoms with Crippen molar-refractivity contribution in [3.8, 4) is 11.6 Å². The van der Waals surface area contributed by atoms with E-state index in [1.54, 1.807) is 0 Å². The number of benzene rings is 2. The Balaban J connectivity index is 2.02. The first-order chi connectivity index (χ1) is 10.2. The molecule has 2 N–H and O–H groups in total. The topological polar surface area (TPSA) is 48.1 Å². The monoisotopic (exact) mass is 342 g/mol. The van der Waals surface area contributed by atoms with Gasteiger partial charge in [-0.1, -0.05) is 30.3 Å². The average Bonchev–Trinajstić information content (AvgIpc) is 2.50. The molecule has 2 aromatic carbocycles. The fourth-order valence-corrected chi connectivity index (χ4v) is 2.86. The molecule has 0 aliphatic heterocycles. The summed E-state index contributed by atoms with van der Waals surface area (Å²) >= 11 is 3.62. The summed E-state index contributed by atoms with van der Waals surface area (Å²) in [5.74, 6) is 1.31. The van der Waals surface area contributed by atoms with Gasteiger partial charge in [0.05, 0.1) is 4.47 Å². The van der Waals surface area contributed by atoms with E-state index < -0.39 is 0 Å². The van der Waals surface area contributed by atoms with E-state index in [-0.39, 0.29) is 0 Å². The molecule has 0 amide bonds. The van der Waals surface area contributed by atoms with Crippen molar-refractivity contribution in [2.45, 2.75) is 13.5 Å². The first-order valence-electron chi connectivity index (χ1n) is 6.70. The van der Waals surface area contributed by atoms with Gasteiger partial charge in [-0.25, -0.2) is 4.98 Å². The van der Waals surface area contributed by atoms with Crippen LogP contribution < -0.4 is 10.5 Å². The van der Waals surface area contributed by atoms with Crippen molar-refractivity contribution < 1.29 is 4.74 Å². The smallest absolute Gasteiger partial charge is 0.219 e. The number of pyridine rings is 1. The predicted molar refractivity (Wildman–Crippen MR) is 88.6 cm³/mol. The fraction of sp³-hybridized carbons (Fsp3) is 0.118. The van der Waals surface area contributed by atoms with Crippen LogP contribution in [0.2, 0.25) is 0 Å². The molecule has 1 heterocycles. The first-order valence-corrected chi connectivity index (χ1v) is 7.49. The number of ether oxygens (including phenoxy) is 1. The maximum atomic E-state index is 5.93. The third-order valence-electron chi connectivity index (χ3n) is 3.27. The van der Waals surface area contributed by atoms with Crippen LogP contribution in [-0.4, -0.2) is 4.98 Å². The van der Waals surface area contributed by atoms with Gasteiger partial charge >= 0.3 is 0 Å². The van der Waals surface area contributed by atoms with E-state index in [9.17, 15) is 0 Å². The van der Waals surface area contributed by atoms with Gasteiger partial charge in [0.25, 0.3) is 0 Å². The van der Waals surface area contributed by atoms with Gasteiger partial charge in [0.1, 0.15) is 5.75 Å². The van der Waals surface area contributed by atoms with Crippen molar-refractivity contribution in [2.24, 2.45) is 5.73 Å². The summed E-state index contributed by atoms with van der Waals surface area (Å²) in [7, 11) is 0. The number of fused-ring (bicyclic) bond motifs is 1. The van der Waals surface area contributed by atoms with Gasteiger partial charge in [0.15, 0.2) is 0 Å². The Morgan fingerprint density at radius 2 is 1.95 bits per heavy atom. The Kier molecular flexibility index (Phi) is 3.90. The predicted octanol–water partition coefficient (Wildman–Crippen LogP) is 4.56. The van der Waals surface area contributed by atoms with Gasteiger partial charge in [-0.05, 0) is 51.3 Å². The molecule has 0 unspecified atom stereocenters. The largest absolute Gasteiger partial charge is 0.438 e. The number of hydrogen-bond acceptors (Lipinski definition) is 3. The standard InChI is InChI=1S/C17H15BrN2O/c1-11-8-12(10-19)9-16(20-11)21-15-7-6-13-4-2-3-5-14(13)17(15)18/h2-9H,10,19H2,1H3. The molecular formula is C17H15BrN2O. The Labute approximate surface area is 131 Å². The van der Waals surface area contributed by atoms with E-state index >= 15 is 0 Å². The maximum absolute atomic E-state index is 5.93. The number of aryl methyl sites for hydroxylation is 1. The molecule has 0 radical (unpaired) electrons. The zero-order chi connectivity index (χ0) is 14.8. The average molecular weight is 343 g/mol. The molecule has 3 rings (SSSR count). The second-order valence-corrected chi connectivity index (χ2v) is 5.65. The molecule has 0 spiro atoms. The summed E-state index contributed by atoms with van der Waals surface area (Å²) in [6.07, 6.45) is 0. The number of nitrogens with zero attached hydrogens (tertiary/aromatic N) is 1. The zero-order valence-corrected chi connectivity index (χ0v) is 13.2. The second-order valence-electron chi connectivity index (χ2n) is 4.86. The van der Waals surface area contributed by atoms with Crippen molar-refractivity contribution in [1.82, 2.24) is 4.98 Å². The molecule has 0 aliphatic carbocycles. The molecule has 0 atom stereocenters. The van der Waals surface area contributed by atoms with Crippen LogP contribution >= 0.6 is 15.9 Å². The lowest BCUT2D eigenvalue weighted by Gasteiger charge is -2.11. The summed E-state index contributed by atoms with van der Waals surface area (Å²) in [6.45, 7) is 2.40. The van der Waals surface area contributed by atoms with Crippen LogP contribution in [0, 0.1) is 6.92 Å². The van der Waals surface area contributed by atoms with E-state index in [4.69, 9.17) is 10.5 Å². The van der Waals surface area contributed by atoms with Crippen LogP contribution in [0.25, 0.3) is 10.8 Å². The summed E-state index contributed by atoms with van der Waals surface area (Å²) in [5.41, 5.74) is 7.59. The van der Waals surface area contributed by atoms with Crippen molar-refractivity contribution in [1.29, 1.82) is 0 Å². The number of aromatic nitrogens is 1. The van der Waals surface area contributed by atoms with E-state index in [1.807, 2.05) is 43.3 Å². The van der Waals surface area contributed by atoms with E-state index in [0.29, 0.717) is 12.4 Å². The molecule has 0 fully saturated rings. The van der Waals surface area contributed by atoms with Crippen LogP contribution in [0.4, 0.5) is 0 Å². The van der Waals surface area contributed by atoms with Crippen LogP contribution in [0.5, 0.6) is 11.6 Å². The highest BCUT2D eigenvalue weighted by Gasteiger charge is 2.08. The molecule has 106 valence electrons. The Morgan fingerprint density at radius 3 is 2.76 bits per heavy atom. The normalized spacial score (nSPS) is 10.8. The molecule has 0 saturated carbocycles. The molecule has 4 heteroatoms. The van der Waals surface area contributed by atoms with E-state index in [1.165, 1.54) is 0 Å². The molecule has 0 saturated heterocycles. The summed E-state index contributed by atoms with van der Waals surface area (Å²) in [5, 5.41) is 2.28. The molecule has 0 bridgehead atoms. The fourth-order valence-electron chi connectivity index (χ4n) is 2.28. The summed E-state index contributed by atoms with van der Waals surface area (Å²) in [4.78, 5) is 4.40. The third-order valence-corrected chi connectivity index (χ3v) is 4.09. The van der Waals surface area contributed by atoms with Crippen molar-refractivity contribution in [3.05, 3.63) is 64.3 Å². The highest BCUT2D eigenvalue weighted by atomic mass is 79.9. The first kappa shape index (κ1) is 14.0. The number of halogens is 1. The van der Waals surface area contributed by atoms with Gasteiger partial charge in [-0.3, -0.25) is 0 Å². The SMILES string of the molecule is Cc1cc(CN)cc(Oc2ccc3ccccc3c2Br)n1. The molecule has 21 heavy (non-hydrogen) atoms. The quantitative estimate of drug-likeness (QED) is 0.759. The Morgan fingerprint density at radius 1 is 1.14 bits per heavy atom. The molecule has 0 aliphatic rings. The van der Waals surface area contributed by atoms with Crippen molar-refractivity contribution in [3.63, 3.8) is 0 Å². The van der Waals surface area contributed by atoms with Gasteiger partial charge in [0, 0.05) is 18.3 Å². The minimum absolute atomic E-state index is 0.471. The van der Waals surface area contributed by atoms with Crippen molar-refractivity contribution >= 4 is 26.7 Å². The Bertz CT molecular complexity index is 802. The van der Waals surface area contributed by atoms with Gasteiger partial charge in [-0.2, -0.15) is 0 Å². The van der Waals surface area contributed by atoms with Gasteiger partial charge in [-0.15, -0.1) is 0 Å². The highest BCUT2D eigenvalue weighted by molar-refractivity contribution is 9.10. The lowest BCUT2D eigenvalue weighted by Crippen LogP contribution is -1.99.